The van der Waals surface area contributed by atoms with Crippen LogP contribution in [0.25, 0.3) is 0 Å². The minimum atomic E-state index is -3.72. The Hall–Kier alpha value is -2.45. The molecule has 1 amide bonds. The zero-order chi connectivity index (χ0) is 17.7. The van der Waals surface area contributed by atoms with Gasteiger partial charge in [0.05, 0.1) is 17.6 Å². The van der Waals surface area contributed by atoms with Gasteiger partial charge in [0.1, 0.15) is 11.6 Å². The number of ether oxygens (including phenoxy) is 1. The number of hydrogen-bond acceptors (Lipinski definition) is 4. The van der Waals surface area contributed by atoms with Crippen LogP contribution in [0.5, 0.6) is 5.75 Å². The molecule has 8 heteroatoms. The van der Waals surface area contributed by atoms with E-state index < -0.39 is 21.7 Å². The van der Waals surface area contributed by atoms with E-state index in [1.807, 2.05) is 0 Å². The van der Waals surface area contributed by atoms with E-state index in [2.05, 4.69) is 5.32 Å². The third-order valence-corrected chi connectivity index (χ3v) is 4.29. The highest BCUT2D eigenvalue weighted by molar-refractivity contribution is 7.89. The van der Waals surface area contributed by atoms with E-state index in [0.717, 1.165) is 11.6 Å². The molecular formula is C16H17FN2O4S. The van der Waals surface area contributed by atoms with Gasteiger partial charge in [-0.15, -0.1) is 0 Å². The second-order valence-corrected chi connectivity index (χ2v) is 6.60. The molecule has 0 saturated carbocycles. The molecule has 0 fully saturated rings. The van der Waals surface area contributed by atoms with E-state index >= 15 is 0 Å². The van der Waals surface area contributed by atoms with Crippen molar-refractivity contribution in [1.29, 1.82) is 0 Å². The zero-order valence-electron chi connectivity index (χ0n) is 13.0. The Morgan fingerprint density at radius 3 is 2.46 bits per heavy atom. The highest BCUT2D eigenvalue weighted by Gasteiger charge is 2.13. The Morgan fingerprint density at radius 2 is 1.88 bits per heavy atom. The van der Waals surface area contributed by atoms with E-state index in [4.69, 9.17) is 9.88 Å². The smallest absolute Gasteiger partial charge is 0.255 e. The Balaban J connectivity index is 1.97. The number of sulfonamides is 1. The maximum atomic E-state index is 13.3. The van der Waals surface area contributed by atoms with E-state index in [-0.39, 0.29) is 16.2 Å². The van der Waals surface area contributed by atoms with Crippen molar-refractivity contribution in [3.8, 4) is 5.75 Å². The first-order valence-electron chi connectivity index (χ1n) is 7.05. The number of rotatable bonds is 6. The third kappa shape index (κ3) is 4.53. The summed E-state index contributed by atoms with van der Waals surface area (Å²) in [5.74, 6) is -0.696. The summed E-state index contributed by atoms with van der Waals surface area (Å²) in [5.41, 5.74) is 0.941. The number of methoxy groups -OCH3 is 1. The summed E-state index contributed by atoms with van der Waals surface area (Å²) < 4.78 is 40.6. The lowest BCUT2D eigenvalue weighted by Gasteiger charge is -2.09. The topological polar surface area (TPSA) is 98.5 Å². The molecule has 2 rings (SSSR count). The van der Waals surface area contributed by atoms with Crippen molar-refractivity contribution in [2.75, 3.05) is 13.7 Å². The molecule has 0 radical (unpaired) electrons. The minimum Gasteiger partial charge on any atom is -0.496 e. The lowest BCUT2D eigenvalue weighted by molar-refractivity contribution is 0.0950. The van der Waals surface area contributed by atoms with Crippen molar-refractivity contribution in [2.24, 2.45) is 5.14 Å². The number of nitrogens with two attached hydrogens (primary N) is 1. The van der Waals surface area contributed by atoms with Crippen molar-refractivity contribution in [3.05, 3.63) is 59.4 Å². The quantitative estimate of drug-likeness (QED) is 0.822. The highest BCUT2D eigenvalue weighted by Crippen LogP contribution is 2.19. The molecule has 0 aliphatic heterocycles. The molecule has 24 heavy (non-hydrogen) atoms. The molecule has 0 saturated heterocycles. The summed E-state index contributed by atoms with van der Waals surface area (Å²) in [5, 5.41) is 7.69. The lowest BCUT2D eigenvalue weighted by Crippen LogP contribution is -2.26. The fourth-order valence-corrected chi connectivity index (χ4v) is 2.63. The number of hydrogen-bond donors (Lipinski definition) is 2. The largest absolute Gasteiger partial charge is 0.496 e. The summed E-state index contributed by atoms with van der Waals surface area (Å²) >= 11 is 0. The van der Waals surface area contributed by atoms with E-state index in [1.54, 1.807) is 12.1 Å². The van der Waals surface area contributed by atoms with Crippen LogP contribution in [0.1, 0.15) is 15.9 Å². The van der Waals surface area contributed by atoms with Crippen molar-refractivity contribution in [3.63, 3.8) is 0 Å². The average Bonchev–Trinajstić information content (AvgIpc) is 2.54. The Bertz CT molecular complexity index is 836. The fourth-order valence-electron chi connectivity index (χ4n) is 2.12. The van der Waals surface area contributed by atoms with Gasteiger partial charge < -0.3 is 10.1 Å². The predicted octanol–water partition coefficient (Wildman–Crippen LogP) is 1.45. The molecule has 0 aliphatic rings. The molecule has 6 nitrogen and oxygen atoms in total. The number of amides is 1. The average molecular weight is 352 g/mol. The first-order valence-corrected chi connectivity index (χ1v) is 8.59. The summed E-state index contributed by atoms with van der Waals surface area (Å²) in [6, 6.07) is 9.75. The van der Waals surface area contributed by atoms with Crippen LogP contribution in [0.15, 0.2) is 47.4 Å². The van der Waals surface area contributed by atoms with Crippen molar-refractivity contribution in [1.82, 2.24) is 5.32 Å². The van der Waals surface area contributed by atoms with Crippen LogP contribution >= 0.6 is 0 Å². The summed E-state index contributed by atoms with van der Waals surface area (Å²) in [6.07, 6.45) is 0.480. The number of benzene rings is 2. The van der Waals surface area contributed by atoms with Gasteiger partial charge in [0.15, 0.2) is 0 Å². The lowest BCUT2D eigenvalue weighted by atomic mass is 10.1. The molecule has 2 aromatic rings. The molecule has 0 aromatic heterocycles. The van der Waals surface area contributed by atoms with Gasteiger partial charge in [0.25, 0.3) is 5.91 Å². The number of nitrogens with one attached hydrogen (secondary N) is 1. The first-order chi connectivity index (χ1) is 11.3. The molecule has 128 valence electrons. The molecule has 0 unspecified atom stereocenters. The van der Waals surface area contributed by atoms with Crippen LogP contribution in [0.4, 0.5) is 4.39 Å². The van der Waals surface area contributed by atoms with Gasteiger partial charge in [0.2, 0.25) is 10.0 Å². The highest BCUT2D eigenvalue weighted by atomic mass is 32.2. The van der Waals surface area contributed by atoms with E-state index in [9.17, 15) is 17.6 Å². The maximum Gasteiger partial charge on any atom is 0.255 e. The molecule has 0 atom stereocenters. The van der Waals surface area contributed by atoms with Crippen LogP contribution < -0.4 is 15.2 Å². The third-order valence-electron chi connectivity index (χ3n) is 3.36. The minimum absolute atomic E-state index is 0.0276. The van der Waals surface area contributed by atoms with Crippen molar-refractivity contribution < 1.29 is 22.3 Å². The van der Waals surface area contributed by atoms with E-state index in [0.29, 0.717) is 13.0 Å². The Kier molecular flexibility index (Phi) is 5.53. The van der Waals surface area contributed by atoms with Gasteiger partial charge in [-0.2, -0.15) is 0 Å². The van der Waals surface area contributed by atoms with Gasteiger partial charge >= 0.3 is 0 Å². The summed E-state index contributed by atoms with van der Waals surface area (Å²) in [4.78, 5) is 12.1. The predicted molar refractivity (Wildman–Crippen MR) is 86.8 cm³/mol. The normalized spacial score (nSPS) is 11.1. The second kappa shape index (κ2) is 7.41. The van der Waals surface area contributed by atoms with Gasteiger partial charge in [-0.1, -0.05) is 12.1 Å². The molecule has 0 heterocycles. The number of carbonyl (C=O) groups excluding carboxylic acids is 1. The monoisotopic (exact) mass is 352 g/mol. The van der Waals surface area contributed by atoms with Gasteiger partial charge in [-0.05, 0) is 42.3 Å². The summed E-state index contributed by atoms with van der Waals surface area (Å²) in [7, 11) is -2.32. The van der Waals surface area contributed by atoms with Gasteiger partial charge in [-0.3, -0.25) is 4.79 Å². The standard InChI is InChI=1S/C16H17FN2O4S/c1-23-15-7-4-12(17)10-14(15)16(20)19-9-8-11-2-5-13(6-3-11)24(18,21)22/h2-7,10H,8-9H2,1H3,(H,19,20)(H2,18,21,22). The second-order valence-electron chi connectivity index (χ2n) is 5.04. The Morgan fingerprint density at radius 1 is 1.21 bits per heavy atom. The van der Waals surface area contributed by atoms with Crippen LogP contribution in [-0.2, 0) is 16.4 Å². The van der Waals surface area contributed by atoms with Crippen molar-refractivity contribution >= 4 is 15.9 Å². The molecule has 0 bridgehead atoms. The Labute approximate surface area is 139 Å². The van der Waals surface area contributed by atoms with Crippen LogP contribution in [-0.4, -0.2) is 28.0 Å². The number of halogens is 1. The summed E-state index contributed by atoms with van der Waals surface area (Å²) in [6.45, 7) is 0.299. The zero-order valence-corrected chi connectivity index (χ0v) is 13.8. The molecule has 2 aromatic carbocycles. The van der Waals surface area contributed by atoms with Crippen molar-refractivity contribution in [2.45, 2.75) is 11.3 Å². The van der Waals surface area contributed by atoms with Gasteiger partial charge in [-0.25, -0.2) is 17.9 Å². The fraction of sp³-hybridized carbons (Fsp3) is 0.188. The SMILES string of the molecule is COc1ccc(F)cc1C(=O)NCCc1ccc(S(N)(=O)=O)cc1. The first kappa shape index (κ1) is 17.9. The van der Waals surface area contributed by atoms with Crippen LogP contribution in [0.2, 0.25) is 0 Å². The van der Waals surface area contributed by atoms with Crippen LogP contribution in [0, 0.1) is 5.82 Å². The number of primary sulfonamides is 1. The maximum absolute atomic E-state index is 13.3. The van der Waals surface area contributed by atoms with Crippen LogP contribution in [0.3, 0.4) is 0 Å². The molecule has 0 aliphatic carbocycles. The number of carbonyl (C=O) groups is 1. The molecule has 0 spiro atoms. The molecular weight excluding hydrogens is 335 g/mol. The molecule has 3 N–H and O–H groups in total. The van der Waals surface area contributed by atoms with E-state index in [1.165, 1.54) is 31.4 Å². The van der Waals surface area contributed by atoms with Gasteiger partial charge in [0, 0.05) is 6.54 Å².